The summed E-state index contributed by atoms with van der Waals surface area (Å²) < 4.78 is 0.954. The van der Waals surface area contributed by atoms with Crippen molar-refractivity contribution in [3.8, 4) is 0 Å². The molecule has 0 aliphatic heterocycles. The Kier molecular flexibility index (Phi) is 3.46. The summed E-state index contributed by atoms with van der Waals surface area (Å²) in [7, 11) is 0. The minimum absolute atomic E-state index is 0.518. The number of nitrogens with one attached hydrogen (secondary N) is 1. The smallest absolute Gasteiger partial charge is 0.0934 e. The molecule has 1 N–H and O–H groups in total. The fourth-order valence-electron chi connectivity index (χ4n) is 3.63. The fourth-order valence-corrected chi connectivity index (χ4v) is 4.99. The van der Waals surface area contributed by atoms with E-state index in [1.807, 2.05) is 0 Å². The highest BCUT2D eigenvalue weighted by atomic mass is 35.5. The van der Waals surface area contributed by atoms with Gasteiger partial charge in [-0.1, -0.05) is 31.9 Å². The molecule has 1 nitrogen and oxygen atoms in total. The van der Waals surface area contributed by atoms with Crippen molar-refractivity contribution in [1.29, 1.82) is 0 Å². The summed E-state index contributed by atoms with van der Waals surface area (Å²) in [5.74, 6) is 0. The minimum Gasteiger partial charge on any atom is -0.307 e. The van der Waals surface area contributed by atoms with Gasteiger partial charge in [-0.25, -0.2) is 0 Å². The maximum Gasteiger partial charge on any atom is 0.0934 e. The van der Waals surface area contributed by atoms with Crippen LogP contribution in [0.2, 0.25) is 4.34 Å². The normalized spacial score (nSPS) is 30.4. The zero-order valence-electron chi connectivity index (χ0n) is 11.3. The minimum atomic E-state index is 0.518. The first kappa shape index (κ1) is 13.0. The Morgan fingerprint density at radius 2 is 2.22 bits per heavy atom. The molecule has 1 heterocycles. The van der Waals surface area contributed by atoms with E-state index in [1.54, 1.807) is 11.3 Å². The third-order valence-corrected chi connectivity index (χ3v) is 5.83. The number of hydrogen-bond donors (Lipinski definition) is 1. The Balaban J connectivity index is 1.67. The van der Waals surface area contributed by atoms with E-state index < -0.39 is 0 Å². The molecular weight excluding hydrogens is 262 g/mol. The summed E-state index contributed by atoms with van der Waals surface area (Å²) in [4.78, 5) is 1.51. The molecule has 2 unspecified atom stereocenters. The molecule has 3 heteroatoms. The highest BCUT2D eigenvalue weighted by Gasteiger charge is 2.32. The summed E-state index contributed by atoms with van der Waals surface area (Å²) >= 11 is 7.89. The number of thiophene rings is 1. The number of hydrogen-bond acceptors (Lipinski definition) is 2. The lowest BCUT2D eigenvalue weighted by Crippen LogP contribution is -2.38. The van der Waals surface area contributed by atoms with Crippen LogP contribution in [-0.4, -0.2) is 6.04 Å². The van der Waals surface area contributed by atoms with Crippen molar-refractivity contribution < 1.29 is 0 Å². The van der Waals surface area contributed by atoms with Gasteiger partial charge < -0.3 is 5.32 Å². The molecule has 1 fully saturated rings. The highest BCUT2D eigenvalue weighted by Crippen LogP contribution is 2.41. The molecule has 100 valence electrons. The monoisotopic (exact) mass is 283 g/mol. The first-order valence-electron chi connectivity index (χ1n) is 7.08. The van der Waals surface area contributed by atoms with E-state index in [0.29, 0.717) is 17.5 Å². The van der Waals surface area contributed by atoms with Gasteiger partial charge in [0.2, 0.25) is 0 Å². The summed E-state index contributed by atoms with van der Waals surface area (Å²) in [6.45, 7) is 4.81. The van der Waals surface area contributed by atoms with E-state index in [-0.39, 0.29) is 0 Å². The number of rotatable bonds is 2. The molecule has 0 saturated heterocycles. The van der Waals surface area contributed by atoms with Gasteiger partial charge in [0, 0.05) is 17.0 Å². The lowest BCUT2D eigenvalue weighted by atomic mass is 9.75. The van der Waals surface area contributed by atoms with E-state index in [1.165, 1.54) is 49.0 Å². The molecule has 18 heavy (non-hydrogen) atoms. The van der Waals surface area contributed by atoms with Gasteiger partial charge in [0.15, 0.2) is 0 Å². The van der Waals surface area contributed by atoms with Crippen LogP contribution in [0.15, 0.2) is 6.07 Å². The molecule has 3 rings (SSSR count). The largest absolute Gasteiger partial charge is 0.307 e. The van der Waals surface area contributed by atoms with Crippen LogP contribution in [0.25, 0.3) is 0 Å². The molecular formula is C15H22ClNS. The van der Waals surface area contributed by atoms with E-state index >= 15 is 0 Å². The van der Waals surface area contributed by atoms with E-state index in [2.05, 4.69) is 25.2 Å². The van der Waals surface area contributed by atoms with Crippen LogP contribution >= 0.6 is 22.9 Å². The zero-order valence-corrected chi connectivity index (χ0v) is 12.8. The summed E-state index contributed by atoms with van der Waals surface area (Å²) in [6, 6.07) is 3.44. The second kappa shape index (κ2) is 4.81. The van der Waals surface area contributed by atoms with E-state index in [9.17, 15) is 0 Å². The van der Waals surface area contributed by atoms with Crippen LogP contribution in [0.3, 0.4) is 0 Å². The van der Waals surface area contributed by atoms with Crippen LogP contribution in [0.5, 0.6) is 0 Å². The number of fused-ring (bicyclic) bond motifs is 1. The van der Waals surface area contributed by atoms with Gasteiger partial charge >= 0.3 is 0 Å². The van der Waals surface area contributed by atoms with Crippen LogP contribution in [0, 0.1) is 5.41 Å². The zero-order chi connectivity index (χ0) is 12.8. The average molecular weight is 284 g/mol. The Hall–Kier alpha value is -0.0500. The van der Waals surface area contributed by atoms with Gasteiger partial charge in [0.05, 0.1) is 4.34 Å². The van der Waals surface area contributed by atoms with Crippen LogP contribution in [-0.2, 0) is 6.42 Å². The molecule has 0 amide bonds. The third kappa shape index (κ3) is 2.61. The maximum atomic E-state index is 6.12. The standard InChI is InChI=1S/C15H22ClNS/c1-15(2)7-3-4-10(9-15)17-12-5-6-13-11(12)8-14(16)18-13/h8,10,12,17H,3-7,9H2,1-2H3. The molecule has 1 aromatic rings. The molecule has 1 aromatic heterocycles. The van der Waals surface area contributed by atoms with Gasteiger partial charge in [0.25, 0.3) is 0 Å². The van der Waals surface area contributed by atoms with Crippen molar-refractivity contribution in [2.45, 2.75) is 64.5 Å². The van der Waals surface area contributed by atoms with Crippen molar-refractivity contribution in [3.05, 3.63) is 20.8 Å². The summed E-state index contributed by atoms with van der Waals surface area (Å²) in [6.07, 6.45) is 7.87. The predicted octanol–water partition coefficient (Wildman–Crippen LogP) is 4.95. The summed E-state index contributed by atoms with van der Waals surface area (Å²) in [5, 5.41) is 3.89. The fraction of sp³-hybridized carbons (Fsp3) is 0.733. The van der Waals surface area contributed by atoms with E-state index in [0.717, 1.165) is 4.34 Å². The van der Waals surface area contributed by atoms with Crippen molar-refractivity contribution in [2.75, 3.05) is 0 Å². The van der Waals surface area contributed by atoms with Crippen LogP contribution in [0.4, 0.5) is 0 Å². The van der Waals surface area contributed by atoms with Crippen LogP contribution in [0.1, 0.15) is 62.4 Å². The van der Waals surface area contributed by atoms with Crippen molar-refractivity contribution in [2.24, 2.45) is 5.41 Å². The Morgan fingerprint density at radius 1 is 1.39 bits per heavy atom. The second-order valence-electron chi connectivity index (χ2n) is 6.64. The number of halogens is 1. The molecule has 2 aliphatic rings. The first-order valence-corrected chi connectivity index (χ1v) is 8.27. The Labute approximate surface area is 119 Å². The van der Waals surface area contributed by atoms with Gasteiger partial charge in [-0.15, -0.1) is 11.3 Å². The highest BCUT2D eigenvalue weighted by molar-refractivity contribution is 7.16. The predicted molar refractivity (Wildman–Crippen MR) is 79.6 cm³/mol. The van der Waals surface area contributed by atoms with Gasteiger partial charge in [-0.2, -0.15) is 0 Å². The molecule has 0 aromatic carbocycles. The molecule has 0 spiro atoms. The Bertz CT molecular complexity index is 438. The van der Waals surface area contributed by atoms with Gasteiger partial charge in [-0.3, -0.25) is 0 Å². The average Bonchev–Trinajstić information content (AvgIpc) is 2.78. The van der Waals surface area contributed by atoms with Crippen molar-refractivity contribution in [3.63, 3.8) is 0 Å². The number of aryl methyl sites for hydroxylation is 1. The molecule has 2 aliphatic carbocycles. The molecule has 2 atom stereocenters. The maximum absolute atomic E-state index is 6.12. The summed E-state index contributed by atoms with van der Waals surface area (Å²) in [5.41, 5.74) is 2.00. The lowest BCUT2D eigenvalue weighted by Gasteiger charge is -2.37. The van der Waals surface area contributed by atoms with Crippen molar-refractivity contribution in [1.82, 2.24) is 5.32 Å². The van der Waals surface area contributed by atoms with Crippen molar-refractivity contribution >= 4 is 22.9 Å². The molecule has 1 saturated carbocycles. The third-order valence-electron chi connectivity index (χ3n) is 4.49. The molecule has 0 radical (unpaired) electrons. The van der Waals surface area contributed by atoms with Gasteiger partial charge in [-0.05, 0) is 49.1 Å². The van der Waals surface area contributed by atoms with E-state index in [4.69, 9.17) is 11.6 Å². The quantitative estimate of drug-likeness (QED) is 0.810. The molecule has 0 bridgehead atoms. The van der Waals surface area contributed by atoms with Gasteiger partial charge in [0.1, 0.15) is 0 Å². The second-order valence-corrected chi connectivity index (χ2v) is 8.41. The topological polar surface area (TPSA) is 12.0 Å². The SMILES string of the molecule is CC1(C)CCCC(NC2CCc3sc(Cl)cc32)C1. The lowest BCUT2D eigenvalue weighted by molar-refractivity contribution is 0.189. The first-order chi connectivity index (χ1) is 8.53. The Morgan fingerprint density at radius 3 is 3.00 bits per heavy atom. The van der Waals surface area contributed by atoms with Crippen LogP contribution < -0.4 is 5.32 Å².